The quantitative estimate of drug-likeness (QED) is 0.658. The molecule has 0 unspecified atom stereocenters. The monoisotopic (exact) mass is 370 g/mol. The van der Waals surface area contributed by atoms with Gasteiger partial charge in [0.1, 0.15) is 0 Å². The van der Waals surface area contributed by atoms with Crippen molar-refractivity contribution in [2.45, 2.75) is 37.5 Å². The summed E-state index contributed by atoms with van der Waals surface area (Å²) in [5.41, 5.74) is 2.49. The van der Waals surface area contributed by atoms with Gasteiger partial charge in [0.25, 0.3) is 0 Å². The molecular weight excluding hydrogens is 352 g/mol. The molecule has 1 aromatic heterocycles. The largest absolute Gasteiger partial charge is 0.386 e. The molecule has 0 bridgehead atoms. The summed E-state index contributed by atoms with van der Waals surface area (Å²) in [6.45, 7) is 7.26. The molecule has 0 fully saturated rings. The molecular formula is C16H19ClN2O2S2. The first-order valence-electron chi connectivity index (χ1n) is 6.99. The van der Waals surface area contributed by atoms with Crippen LogP contribution in [-0.4, -0.2) is 11.1 Å². The molecule has 0 aliphatic carbocycles. The lowest BCUT2D eigenvalue weighted by Crippen LogP contribution is -2.22. The average molecular weight is 371 g/mol. The lowest BCUT2D eigenvalue weighted by Gasteiger charge is -2.14. The molecule has 0 radical (unpaired) electrons. The smallest absolute Gasteiger partial charge is 0.329 e. The van der Waals surface area contributed by atoms with Crippen molar-refractivity contribution >= 4 is 46.6 Å². The van der Waals surface area contributed by atoms with Gasteiger partial charge in [-0.05, 0) is 79.9 Å². The van der Waals surface area contributed by atoms with E-state index in [0.717, 1.165) is 20.9 Å². The number of anilines is 1. The highest BCUT2D eigenvalue weighted by Gasteiger charge is 2.18. The van der Waals surface area contributed by atoms with Crippen LogP contribution in [0.1, 0.15) is 30.5 Å². The van der Waals surface area contributed by atoms with Crippen molar-refractivity contribution in [1.29, 1.82) is 0 Å². The van der Waals surface area contributed by atoms with Crippen molar-refractivity contribution in [3.63, 3.8) is 0 Å². The number of rotatable bonds is 4. The van der Waals surface area contributed by atoms with Crippen molar-refractivity contribution in [3.05, 3.63) is 45.3 Å². The Morgan fingerprint density at radius 1 is 1.26 bits per heavy atom. The summed E-state index contributed by atoms with van der Waals surface area (Å²) in [4.78, 5) is 12.0. The van der Waals surface area contributed by atoms with Gasteiger partial charge in [0.05, 0.1) is 9.81 Å². The summed E-state index contributed by atoms with van der Waals surface area (Å²) < 4.78 is 3.63. The molecule has 0 atom stereocenters. The minimum Gasteiger partial charge on any atom is -0.386 e. The summed E-state index contributed by atoms with van der Waals surface area (Å²) in [6, 6.07) is 5.22. The number of nitrogens with one attached hydrogen (secondary N) is 2. The normalized spacial score (nSPS) is 11.4. The number of hydrogen-bond donors (Lipinski definition) is 3. The van der Waals surface area contributed by atoms with E-state index in [1.807, 2.05) is 37.4 Å². The maximum absolute atomic E-state index is 12.0. The summed E-state index contributed by atoms with van der Waals surface area (Å²) in [5, 5.41) is 15.3. The Balaban J connectivity index is 1.94. The van der Waals surface area contributed by atoms with Crippen molar-refractivity contribution in [2.75, 3.05) is 5.32 Å². The number of hydrogen-bond acceptors (Lipinski definition) is 4. The molecule has 2 rings (SSSR count). The van der Waals surface area contributed by atoms with Gasteiger partial charge in [-0.2, -0.15) is 0 Å². The molecule has 124 valence electrons. The number of aryl methyl sites for hydroxylation is 2. The number of benzene rings is 1. The number of halogens is 1. The fourth-order valence-electron chi connectivity index (χ4n) is 1.96. The van der Waals surface area contributed by atoms with Crippen LogP contribution >= 0.6 is 34.9 Å². The van der Waals surface area contributed by atoms with Gasteiger partial charge in [0.15, 0.2) is 0 Å². The van der Waals surface area contributed by atoms with Crippen molar-refractivity contribution in [2.24, 2.45) is 0 Å². The Morgan fingerprint density at radius 3 is 2.39 bits per heavy atom. The Hall–Kier alpha value is -1.21. The third-order valence-corrected chi connectivity index (χ3v) is 5.68. The van der Waals surface area contributed by atoms with E-state index in [1.54, 1.807) is 13.8 Å². The van der Waals surface area contributed by atoms with Crippen LogP contribution in [0.4, 0.5) is 10.5 Å². The van der Waals surface area contributed by atoms with Gasteiger partial charge in [0.2, 0.25) is 0 Å². The first-order chi connectivity index (χ1) is 10.7. The van der Waals surface area contributed by atoms with Gasteiger partial charge in [-0.1, -0.05) is 11.6 Å². The highest BCUT2D eigenvalue weighted by molar-refractivity contribution is 7.99. The summed E-state index contributed by atoms with van der Waals surface area (Å²) in [7, 11) is 0. The maximum Gasteiger partial charge on any atom is 0.329 e. The van der Waals surface area contributed by atoms with Crippen LogP contribution in [0.15, 0.2) is 27.8 Å². The third-order valence-electron chi connectivity index (χ3n) is 3.22. The predicted octanol–water partition coefficient (Wildman–Crippen LogP) is 5.07. The van der Waals surface area contributed by atoms with Gasteiger partial charge in [-0.15, -0.1) is 11.3 Å². The van der Waals surface area contributed by atoms with Crippen LogP contribution in [0.3, 0.4) is 0 Å². The Labute approximate surface area is 149 Å². The van der Waals surface area contributed by atoms with Gasteiger partial charge < -0.3 is 10.4 Å². The van der Waals surface area contributed by atoms with Crippen LogP contribution in [0, 0.1) is 13.8 Å². The van der Waals surface area contributed by atoms with E-state index in [1.165, 1.54) is 23.3 Å². The molecule has 2 amide bonds. The molecule has 0 saturated carbocycles. The Morgan fingerprint density at radius 2 is 1.87 bits per heavy atom. The molecule has 0 spiro atoms. The van der Waals surface area contributed by atoms with Gasteiger partial charge >= 0.3 is 6.03 Å². The molecule has 0 aliphatic heterocycles. The number of carbonyl (C=O) groups excluding carboxylic acids is 1. The van der Waals surface area contributed by atoms with Crippen molar-refractivity contribution in [3.8, 4) is 0 Å². The van der Waals surface area contributed by atoms with Crippen molar-refractivity contribution < 1.29 is 9.90 Å². The van der Waals surface area contributed by atoms with E-state index >= 15 is 0 Å². The first-order valence-corrected chi connectivity index (χ1v) is 9.06. The van der Waals surface area contributed by atoms with E-state index in [4.69, 9.17) is 11.6 Å². The second-order valence-corrected chi connectivity index (χ2v) is 8.19. The number of aliphatic hydroxyl groups is 1. The van der Waals surface area contributed by atoms with Gasteiger partial charge in [0, 0.05) is 10.7 Å². The number of amides is 2. The Kier molecular flexibility index (Phi) is 5.62. The fraction of sp³-hybridized carbons (Fsp3) is 0.312. The zero-order chi connectivity index (χ0) is 17.2. The molecule has 2 aromatic rings. The van der Waals surface area contributed by atoms with E-state index in [9.17, 15) is 9.90 Å². The lowest BCUT2D eigenvalue weighted by molar-refractivity contribution is 0.0789. The average Bonchev–Trinajstić information content (AvgIpc) is 2.91. The molecule has 0 saturated heterocycles. The number of urea groups is 1. The van der Waals surface area contributed by atoms with Gasteiger partial charge in [-0.25, -0.2) is 4.79 Å². The molecule has 23 heavy (non-hydrogen) atoms. The molecule has 1 heterocycles. The van der Waals surface area contributed by atoms with E-state index in [0.29, 0.717) is 10.7 Å². The predicted molar refractivity (Wildman–Crippen MR) is 98.5 cm³/mol. The standard InChI is InChI=1S/C16H19ClN2O2S2/c1-9-5-12(6-10(2)14(9)17)18-15(20)19-23-13-7-11(8-22-13)16(3,4)21/h5-8,21H,1-4H3,(H2,18,19,20). The zero-order valence-electron chi connectivity index (χ0n) is 13.4. The molecule has 3 N–H and O–H groups in total. The summed E-state index contributed by atoms with van der Waals surface area (Å²) in [6.07, 6.45) is 0. The lowest BCUT2D eigenvalue weighted by atomic mass is 10.0. The Bertz CT molecular complexity index is 700. The highest BCUT2D eigenvalue weighted by atomic mass is 35.5. The topological polar surface area (TPSA) is 61.4 Å². The van der Waals surface area contributed by atoms with Crippen LogP contribution in [-0.2, 0) is 5.60 Å². The SMILES string of the molecule is Cc1cc(NC(=O)NSc2cc(C(C)(C)O)cs2)cc(C)c1Cl. The molecule has 4 nitrogen and oxygen atoms in total. The third kappa shape index (κ3) is 4.88. The second kappa shape index (κ2) is 7.13. The van der Waals surface area contributed by atoms with Crippen LogP contribution in [0.25, 0.3) is 0 Å². The number of carbonyl (C=O) groups is 1. The van der Waals surface area contributed by atoms with E-state index in [2.05, 4.69) is 10.0 Å². The zero-order valence-corrected chi connectivity index (χ0v) is 15.7. The van der Waals surface area contributed by atoms with E-state index < -0.39 is 5.60 Å². The molecule has 1 aromatic carbocycles. The summed E-state index contributed by atoms with van der Waals surface area (Å²) in [5.74, 6) is 0. The first kappa shape index (κ1) is 18.1. The second-order valence-electron chi connectivity index (χ2n) is 5.80. The van der Waals surface area contributed by atoms with Gasteiger partial charge in [-0.3, -0.25) is 4.72 Å². The molecule has 7 heteroatoms. The maximum atomic E-state index is 12.0. The van der Waals surface area contributed by atoms with Crippen LogP contribution in [0.5, 0.6) is 0 Å². The van der Waals surface area contributed by atoms with E-state index in [-0.39, 0.29) is 6.03 Å². The van der Waals surface area contributed by atoms with Crippen LogP contribution in [0.2, 0.25) is 5.02 Å². The minimum atomic E-state index is -0.879. The van der Waals surface area contributed by atoms with Crippen LogP contribution < -0.4 is 10.0 Å². The summed E-state index contributed by atoms with van der Waals surface area (Å²) >= 11 is 8.81. The highest BCUT2D eigenvalue weighted by Crippen LogP contribution is 2.30. The van der Waals surface area contributed by atoms with Crippen molar-refractivity contribution in [1.82, 2.24) is 4.72 Å². The number of thiophene rings is 1. The molecule has 0 aliphatic rings. The fourth-order valence-corrected chi connectivity index (χ4v) is 3.76. The minimum absolute atomic E-state index is 0.311.